The molecular formula is C9H14N2O3S3. The minimum atomic E-state index is -3.28. The summed E-state index contributed by atoms with van der Waals surface area (Å²) >= 11 is 5.36. The summed E-state index contributed by atoms with van der Waals surface area (Å²) in [5, 5.41) is 4.29. The predicted molar refractivity (Wildman–Crippen MR) is 71.4 cm³/mol. The first-order valence-corrected chi connectivity index (χ1v) is 7.95. The molecule has 0 unspecified atom stereocenters. The summed E-state index contributed by atoms with van der Waals surface area (Å²) in [4.78, 5) is 12.8. The van der Waals surface area contributed by atoms with Crippen LogP contribution in [0.2, 0.25) is 0 Å². The molecule has 0 bridgehead atoms. The number of carbonyl (C=O) groups excluding carboxylic acids is 1. The molecule has 0 saturated carbocycles. The molecule has 1 aromatic heterocycles. The van der Waals surface area contributed by atoms with E-state index in [4.69, 9.17) is 0 Å². The Kier molecular flexibility index (Phi) is 5.44. The average molecular weight is 294 g/mol. The maximum Gasteiger partial charge on any atom is 0.261 e. The highest BCUT2D eigenvalue weighted by Crippen LogP contribution is 2.17. The van der Waals surface area contributed by atoms with Crippen molar-refractivity contribution in [2.45, 2.75) is 11.8 Å². The van der Waals surface area contributed by atoms with Gasteiger partial charge < -0.3 is 5.32 Å². The van der Waals surface area contributed by atoms with E-state index in [-0.39, 0.29) is 18.2 Å². The zero-order chi connectivity index (χ0) is 12.9. The van der Waals surface area contributed by atoms with E-state index in [9.17, 15) is 13.2 Å². The van der Waals surface area contributed by atoms with Gasteiger partial charge in [0.2, 0.25) is 10.0 Å². The van der Waals surface area contributed by atoms with E-state index in [2.05, 4.69) is 22.7 Å². The molecule has 8 heteroatoms. The van der Waals surface area contributed by atoms with E-state index >= 15 is 0 Å². The Morgan fingerprint density at radius 1 is 1.53 bits per heavy atom. The van der Waals surface area contributed by atoms with E-state index in [0.717, 1.165) is 4.90 Å². The predicted octanol–water partition coefficient (Wildman–Crippen LogP) is 0.706. The van der Waals surface area contributed by atoms with Crippen LogP contribution in [0.1, 0.15) is 16.6 Å². The zero-order valence-corrected chi connectivity index (χ0v) is 11.8. The number of thiophene rings is 1. The van der Waals surface area contributed by atoms with E-state index in [1.54, 1.807) is 18.4 Å². The molecule has 0 aliphatic heterocycles. The quantitative estimate of drug-likeness (QED) is 0.676. The van der Waals surface area contributed by atoms with Crippen molar-refractivity contribution in [1.82, 2.24) is 10.0 Å². The third-order valence-corrected chi connectivity index (χ3v) is 4.66. The van der Waals surface area contributed by atoms with Crippen molar-refractivity contribution >= 4 is 39.9 Å². The molecule has 0 radical (unpaired) electrons. The molecule has 0 aliphatic rings. The minimum absolute atomic E-state index is 0.0912. The molecule has 0 aromatic carbocycles. The van der Waals surface area contributed by atoms with Gasteiger partial charge in [0, 0.05) is 23.4 Å². The second kappa shape index (κ2) is 6.39. The molecule has 5 nitrogen and oxygen atoms in total. The Labute approximate surface area is 110 Å². The van der Waals surface area contributed by atoms with Crippen LogP contribution in [0.15, 0.2) is 16.3 Å². The monoisotopic (exact) mass is 294 g/mol. The van der Waals surface area contributed by atoms with Crippen molar-refractivity contribution in [2.24, 2.45) is 0 Å². The van der Waals surface area contributed by atoms with Gasteiger partial charge in [0.15, 0.2) is 0 Å². The largest absolute Gasteiger partial charge is 0.350 e. The molecule has 2 N–H and O–H groups in total. The molecule has 0 saturated heterocycles. The fourth-order valence-corrected chi connectivity index (χ4v) is 3.14. The van der Waals surface area contributed by atoms with Gasteiger partial charge in [0.05, 0.1) is 10.6 Å². The van der Waals surface area contributed by atoms with Crippen LogP contribution >= 0.6 is 24.0 Å². The molecule has 96 valence electrons. The van der Waals surface area contributed by atoms with Gasteiger partial charge in [-0.1, -0.05) is 6.92 Å². The molecule has 0 atom stereocenters. The van der Waals surface area contributed by atoms with Crippen LogP contribution in [0.5, 0.6) is 0 Å². The SMILES string of the molecule is CCNS(=O)(=O)CCNC(=O)c1cc(S)cs1. The number of thiol groups is 1. The van der Waals surface area contributed by atoms with Crippen molar-refractivity contribution in [3.8, 4) is 0 Å². The van der Waals surface area contributed by atoms with Gasteiger partial charge in [0.25, 0.3) is 5.91 Å². The minimum Gasteiger partial charge on any atom is -0.350 e. The van der Waals surface area contributed by atoms with Gasteiger partial charge >= 0.3 is 0 Å². The Morgan fingerprint density at radius 2 is 2.24 bits per heavy atom. The lowest BCUT2D eigenvalue weighted by Gasteiger charge is -2.05. The van der Waals surface area contributed by atoms with Gasteiger partial charge in [-0.05, 0) is 6.07 Å². The maximum absolute atomic E-state index is 11.6. The molecule has 0 spiro atoms. The maximum atomic E-state index is 11.6. The summed E-state index contributed by atoms with van der Waals surface area (Å²) in [6, 6.07) is 1.64. The lowest BCUT2D eigenvalue weighted by molar-refractivity contribution is 0.0960. The van der Waals surface area contributed by atoms with Gasteiger partial charge in [-0.3, -0.25) is 4.79 Å². The number of sulfonamides is 1. The van der Waals surface area contributed by atoms with Crippen molar-refractivity contribution in [2.75, 3.05) is 18.8 Å². The van der Waals surface area contributed by atoms with Gasteiger partial charge in [-0.2, -0.15) is 0 Å². The summed E-state index contributed by atoms with van der Waals surface area (Å²) in [7, 11) is -3.28. The Bertz CT molecular complexity index is 481. The zero-order valence-electron chi connectivity index (χ0n) is 9.26. The van der Waals surface area contributed by atoms with E-state index in [0.29, 0.717) is 11.4 Å². The molecular weight excluding hydrogens is 280 g/mol. The third kappa shape index (κ3) is 5.07. The number of hydrogen-bond acceptors (Lipinski definition) is 5. The van der Waals surface area contributed by atoms with Crippen molar-refractivity contribution in [3.63, 3.8) is 0 Å². The first kappa shape index (κ1) is 14.5. The van der Waals surface area contributed by atoms with Crippen molar-refractivity contribution in [1.29, 1.82) is 0 Å². The van der Waals surface area contributed by atoms with Gasteiger partial charge in [-0.25, -0.2) is 13.1 Å². The first-order valence-electron chi connectivity index (χ1n) is 4.97. The van der Waals surface area contributed by atoms with Crippen LogP contribution in [0.3, 0.4) is 0 Å². The average Bonchev–Trinajstić information content (AvgIpc) is 2.64. The third-order valence-electron chi connectivity index (χ3n) is 1.83. The highest BCUT2D eigenvalue weighted by molar-refractivity contribution is 7.89. The van der Waals surface area contributed by atoms with E-state index in [1.165, 1.54) is 11.3 Å². The normalized spacial score (nSPS) is 11.4. The van der Waals surface area contributed by atoms with Crippen LogP contribution in [-0.4, -0.2) is 33.2 Å². The topological polar surface area (TPSA) is 75.3 Å². The van der Waals surface area contributed by atoms with Crippen LogP contribution in [0.25, 0.3) is 0 Å². The molecule has 1 heterocycles. The van der Waals surface area contributed by atoms with Crippen molar-refractivity contribution < 1.29 is 13.2 Å². The fourth-order valence-electron chi connectivity index (χ4n) is 1.12. The summed E-state index contributed by atoms with van der Waals surface area (Å²) in [6.07, 6.45) is 0. The lowest BCUT2D eigenvalue weighted by Crippen LogP contribution is -2.34. The van der Waals surface area contributed by atoms with Gasteiger partial charge in [0.1, 0.15) is 0 Å². The number of nitrogens with one attached hydrogen (secondary N) is 2. The molecule has 1 amide bonds. The summed E-state index contributed by atoms with van der Waals surface area (Å²) in [5.74, 6) is -0.395. The molecule has 1 rings (SSSR count). The highest BCUT2D eigenvalue weighted by Gasteiger charge is 2.11. The van der Waals surface area contributed by atoms with Crippen molar-refractivity contribution in [3.05, 3.63) is 16.3 Å². The number of amides is 1. The van der Waals surface area contributed by atoms with Crippen LogP contribution in [-0.2, 0) is 10.0 Å². The number of carbonyl (C=O) groups is 1. The van der Waals surface area contributed by atoms with Gasteiger partial charge in [-0.15, -0.1) is 24.0 Å². The summed E-state index contributed by atoms with van der Waals surface area (Å²) in [5.41, 5.74) is 0. The molecule has 0 fully saturated rings. The molecule has 17 heavy (non-hydrogen) atoms. The first-order chi connectivity index (χ1) is 7.94. The van der Waals surface area contributed by atoms with Crippen LogP contribution < -0.4 is 10.0 Å². The highest BCUT2D eigenvalue weighted by atomic mass is 32.2. The summed E-state index contributed by atoms with van der Waals surface area (Å²) < 4.78 is 24.9. The Morgan fingerprint density at radius 3 is 2.76 bits per heavy atom. The Balaban J connectivity index is 2.40. The fraction of sp³-hybridized carbons (Fsp3) is 0.444. The second-order valence-electron chi connectivity index (χ2n) is 3.24. The standard InChI is InChI=1S/C9H14N2O3S3/c1-2-11-17(13,14)4-3-10-9(12)8-5-7(15)6-16-8/h5-6,11,15H,2-4H2,1H3,(H,10,12). The van der Waals surface area contributed by atoms with E-state index in [1.807, 2.05) is 0 Å². The second-order valence-corrected chi connectivity index (χ2v) is 6.60. The Hall–Kier alpha value is -0.570. The van der Waals surface area contributed by atoms with Crippen LogP contribution in [0.4, 0.5) is 0 Å². The molecule has 0 aliphatic carbocycles. The van der Waals surface area contributed by atoms with E-state index < -0.39 is 10.0 Å². The number of hydrogen-bond donors (Lipinski definition) is 3. The van der Waals surface area contributed by atoms with Crippen LogP contribution in [0, 0.1) is 0 Å². The molecule has 1 aromatic rings. The lowest BCUT2D eigenvalue weighted by atomic mass is 10.4. The number of rotatable bonds is 6. The summed E-state index contributed by atoms with van der Waals surface area (Å²) in [6.45, 7) is 2.15. The smallest absolute Gasteiger partial charge is 0.261 e.